The number of likely N-dealkylation sites (N-methyl/N-ethyl adjacent to an activating group) is 2. The van der Waals surface area contributed by atoms with E-state index in [1.54, 1.807) is 4.90 Å². The van der Waals surface area contributed by atoms with Crippen LogP contribution in [0.5, 0.6) is 0 Å². The van der Waals surface area contributed by atoms with E-state index in [1.165, 1.54) is 5.56 Å². The van der Waals surface area contributed by atoms with Crippen molar-refractivity contribution >= 4 is 5.91 Å². The van der Waals surface area contributed by atoms with Gasteiger partial charge in [0.1, 0.15) is 6.04 Å². The van der Waals surface area contributed by atoms with Crippen LogP contribution in [0, 0.1) is 12.3 Å². The quantitative estimate of drug-likeness (QED) is 0.869. The highest BCUT2D eigenvalue weighted by atomic mass is 16.3. The molecule has 116 valence electrons. The molecule has 0 saturated heterocycles. The molecule has 4 nitrogen and oxygen atoms in total. The van der Waals surface area contributed by atoms with Crippen molar-refractivity contribution < 1.29 is 9.90 Å². The first-order valence-electron chi connectivity index (χ1n) is 7.47. The molecule has 1 fully saturated rings. The second-order valence-corrected chi connectivity index (χ2v) is 6.63. The number of aliphatic hydroxyl groups is 1. The maximum atomic E-state index is 12.8. The molecule has 2 rings (SSSR count). The molecule has 21 heavy (non-hydrogen) atoms. The number of aliphatic hydroxyl groups excluding tert-OH is 1. The topological polar surface area (TPSA) is 43.8 Å². The molecule has 0 spiro atoms. The van der Waals surface area contributed by atoms with E-state index in [1.807, 2.05) is 57.2 Å². The molecule has 1 N–H and O–H groups in total. The van der Waals surface area contributed by atoms with Crippen LogP contribution in [0.2, 0.25) is 0 Å². The summed E-state index contributed by atoms with van der Waals surface area (Å²) in [6.45, 7) is 2.85. The van der Waals surface area contributed by atoms with Crippen LogP contribution in [-0.2, 0) is 4.79 Å². The lowest BCUT2D eigenvalue weighted by atomic mass is 10.0. The SMILES string of the molecule is Cc1ccc(C(C(=O)N(C)CC2(CO)CC2)N(C)C)cc1. The van der Waals surface area contributed by atoms with Gasteiger partial charge in [-0.2, -0.15) is 0 Å². The summed E-state index contributed by atoms with van der Waals surface area (Å²) < 4.78 is 0. The standard InChI is InChI=1S/C17H26N2O2/c1-13-5-7-14(8-6-13)15(18(2)3)16(21)19(4)11-17(12-20)9-10-17/h5-8,15,20H,9-12H2,1-4H3. The Morgan fingerprint density at radius 2 is 1.81 bits per heavy atom. The molecular formula is C17H26N2O2. The molecule has 0 radical (unpaired) electrons. The summed E-state index contributed by atoms with van der Waals surface area (Å²) in [4.78, 5) is 16.5. The van der Waals surface area contributed by atoms with E-state index in [4.69, 9.17) is 0 Å². The number of benzene rings is 1. The van der Waals surface area contributed by atoms with E-state index in [-0.39, 0.29) is 24.0 Å². The summed E-state index contributed by atoms with van der Waals surface area (Å²) >= 11 is 0. The van der Waals surface area contributed by atoms with Crippen LogP contribution in [0.15, 0.2) is 24.3 Å². The molecule has 0 heterocycles. The number of rotatable bonds is 6. The maximum Gasteiger partial charge on any atom is 0.244 e. The summed E-state index contributed by atoms with van der Waals surface area (Å²) in [5.74, 6) is 0.0866. The van der Waals surface area contributed by atoms with Gasteiger partial charge in [0.15, 0.2) is 0 Å². The molecule has 1 aromatic carbocycles. The average molecular weight is 290 g/mol. The highest BCUT2D eigenvalue weighted by molar-refractivity contribution is 5.83. The molecule has 0 aliphatic heterocycles. The molecule has 1 aliphatic rings. The smallest absolute Gasteiger partial charge is 0.244 e. The highest BCUT2D eigenvalue weighted by Crippen LogP contribution is 2.45. The second kappa shape index (κ2) is 6.16. The lowest BCUT2D eigenvalue weighted by Crippen LogP contribution is -2.41. The minimum Gasteiger partial charge on any atom is -0.396 e. The van der Waals surface area contributed by atoms with Gasteiger partial charge < -0.3 is 10.0 Å². The predicted molar refractivity (Wildman–Crippen MR) is 84.0 cm³/mol. The van der Waals surface area contributed by atoms with Gasteiger partial charge in [-0.05, 0) is 39.4 Å². The number of hydrogen-bond acceptors (Lipinski definition) is 3. The lowest BCUT2D eigenvalue weighted by molar-refractivity contribution is -0.136. The third kappa shape index (κ3) is 3.63. The zero-order valence-electron chi connectivity index (χ0n) is 13.5. The van der Waals surface area contributed by atoms with Gasteiger partial charge in [-0.3, -0.25) is 9.69 Å². The molecule has 1 unspecified atom stereocenters. The van der Waals surface area contributed by atoms with Crippen molar-refractivity contribution in [2.75, 3.05) is 34.3 Å². The third-order valence-electron chi connectivity index (χ3n) is 4.38. The fraction of sp³-hybridized carbons (Fsp3) is 0.588. The molecule has 4 heteroatoms. The van der Waals surface area contributed by atoms with E-state index in [0.717, 1.165) is 18.4 Å². The van der Waals surface area contributed by atoms with Crippen molar-refractivity contribution in [3.05, 3.63) is 35.4 Å². The van der Waals surface area contributed by atoms with Crippen molar-refractivity contribution in [1.29, 1.82) is 0 Å². The normalized spacial score (nSPS) is 17.6. The van der Waals surface area contributed by atoms with Crippen LogP contribution >= 0.6 is 0 Å². The van der Waals surface area contributed by atoms with Crippen LogP contribution in [0.1, 0.15) is 30.0 Å². The van der Waals surface area contributed by atoms with Crippen molar-refractivity contribution in [3.8, 4) is 0 Å². The van der Waals surface area contributed by atoms with Crippen LogP contribution in [0.3, 0.4) is 0 Å². The first kappa shape index (κ1) is 16.0. The van der Waals surface area contributed by atoms with Crippen molar-refractivity contribution in [3.63, 3.8) is 0 Å². The van der Waals surface area contributed by atoms with Crippen molar-refractivity contribution in [2.24, 2.45) is 5.41 Å². The summed E-state index contributed by atoms with van der Waals surface area (Å²) in [6, 6.07) is 7.84. The van der Waals surface area contributed by atoms with E-state index < -0.39 is 0 Å². The zero-order chi connectivity index (χ0) is 15.6. The van der Waals surface area contributed by atoms with Crippen LogP contribution in [-0.4, -0.2) is 55.1 Å². The number of carbonyl (C=O) groups excluding carboxylic acids is 1. The molecule has 0 bridgehead atoms. The number of aryl methyl sites for hydroxylation is 1. The first-order valence-corrected chi connectivity index (χ1v) is 7.47. The van der Waals surface area contributed by atoms with Crippen LogP contribution in [0.25, 0.3) is 0 Å². The van der Waals surface area contributed by atoms with E-state index >= 15 is 0 Å². The fourth-order valence-electron chi connectivity index (χ4n) is 2.74. The van der Waals surface area contributed by atoms with Gasteiger partial charge in [0.25, 0.3) is 0 Å². The van der Waals surface area contributed by atoms with Crippen molar-refractivity contribution in [2.45, 2.75) is 25.8 Å². The van der Waals surface area contributed by atoms with Gasteiger partial charge >= 0.3 is 0 Å². The molecule has 1 atom stereocenters. The third-order valence-corrected chi connectivity index (χ3v) is 4.38. The Balaban J connectivity index is 2.14. The molecule has 1 saturated carbocycles. The molecule has 1 aliphatic carbocycles. The summed E-state index contributed by atoms with van der Waals surface area (Å²) in [7, 11) is 5.69. The molecule has 1 amide bonds. The second-order valence-electron chi connectivity index (χ2n) is 6.63. The Bertz CT molecular complexity index is 492. The van der Waals surface area contributed by atoms with Gasteiger partial charge in [-0.1, -0.05) is 29.8 Å². The maximum absolute atomic E-state index is 12.8. The highest BCUT2D eigenvalue weighted by Gasteiger charge is 2.44. The number of amides is 1. The van der Waals surface area contributed by atoms with Crippen LogP contribution in [0.4, 0.5) is 0 Å². The number of nitrogens with zero attached hydrogens (tertiary/aromatic N) is 2. The number of hydrogen-bond donors (Lipinski definition) is 1. The van der Waals surface area contributed by atoms with Gasteiger partial charge in [0.2, 0.25) is 5.91 Å². The largest absolute Gasteiger partial charge is 0.396 e. The van der Waals surface area contributed by atoms with Gasteiger partial charge in [0.05, 0.1) is 6.61 Å². The Morgan fingerprint density at radius 3 is 2.24 bits per heavy atom. The Kier molecular flexibility index (Phi) is 4.69. The monoisotopic (exact) mass is 290 g/mol. The fourth-order valence-corrected chi connectivity index (χ4v) is 2.74. The van der Waals surface area contributed by atoms with Gasteiger partial charge in [-0.15, -0.1) is 0 Å². The summed E-state index contributed by atoms with van der Waals surface area (Å²) in [5.41, 5.74) is 2.15. The van der Waals surface area contributed by atoms with Gasteiger partial charge in [0, 0.05) is 19.0 Å². The average Bonchev–Trinajstić information content (AvgIpc) is 3.21. The summed E-state index contributed by atoms with van der Waals surface area (Å²) in [5, 5.41) is 9.43. The molecule has 0 aromatic heterocycles. The zero-order valence-corrected chi connectivity index (χ0v) is 13.5. The molecular weight excluding hydrogens is 264 g/mol. The Labute approximate surface area is 127 Å². The molecule has 1 aromatic rings. The Hall–Kier alpha value is -1.39. The Morgan fingerprint density at radius 1 is 1.24 bits per heavy atom. The van der Waals surface area contributed by atoms with E-state index in [2.05, 4.69) is 0 Å². The van der Waals surface area contributed by atoms with Gasteiger partial charge in [-0.25, -0.2) is 0 Å². The van der Waals surface area contributed by atoms with Crippen molar-refractivity contribution in [1.82, 2.24) is 9.80 Å². The number of carbonyl (C=O) groups is 1. The lowest BCUT2D eigenvalue weighted by Gasteiger charge is -2.30. The van der Waals surface area contributed by atoms with Crippen LogP contribution < -0.4 is 0 Å². The minimum absolute atomic E-state index is 0.0471. The minimum atomic E-state index is -0.273. The van der Waals surface area contributed by atoms with E-state index in [9.17, 15) is 9.90 Å². The predicted octanol–water partition coefficient (Wildman–Crippen LogP) is 1.83. The summed E-state index contributed by atoms with van der Waals surface area (Å²) in [6.07, 6.45) is 2.02. The van der Waals surface area contributed by atoms with E-state index in [0.29, 0.717) is 6.54 Å². The first-order chi connectivity index (χ1) is 9.88.